The lowest BCUT2D eigenvalue weighted by atomic mass is 9.76. The van der Waals surface area contributed by atoms with E-state index in [0.29, 0.717) is 18.1 Å². The molecule has 44 heavy (non-hydrogen) atoms. The third-order valence-electron chi connectivity index (χ3n) is 8.48. The number of rotatable bonds is 20. The van der Waals surface area contributed by atoms with Crippen molar-refractivity contribution in [1.82, 2.24) is 0 Å². The summed E-state index contributed by atoms with van der Waals surface area (Å²) >= 11 is 0. The van der Waals surface area contributed by atoms with E-state index in [0.717, 1.165) is 61.2 Å². The summed E-state index contributed by atoms with van der Waals surface area (Å²) in [6.45, 7) is 9.25. The molecule has 0 fully saturated rings. The Morgan fingerprint density at radius 2 is 1.20 bits per heavy atom. The van der Waals surface area contributed by atoms with Crippen molar-refractivity contribution in [2.24, 2.45) is 11.3 Å². The molecule has 0 heterocycles. The molecule has 0 aliphatic rings. The molecule has 236 valence electrons. The van der Waals surface area contributed by atoms with Crippen molar-refractivity contribution < 1.29 is 19.0 Å². The molecule has 0 saturated carbocycles. The molecule has 3 aromatic rings. The average molecular weight is 598 g/mol. The summed E-state index contributed by atoms with van der Waals surface area (Å²) in [5, 5.41) is 9.81. The molecule has 0 spiro atoms. The van der Waals surface area contributed by atoms with Gasteiger partial charge in [0, 0.05) is 0 Å². The molecular weight excluding hydrogens is 546 g/mol. The van der Waals surface area contributed by atoms with Crippen LogP contribution in [-0.2, 0) is 11.4 Å². The van der Waals surface area contributed by atoms with Gasteiger partial charge in [-0.2, -0.15) is 5.26 Å². The Kier molecular flexibility index (Phi) is 14.8. The van der Waals surface area contributed by atoms with E-state index in [1.165, 1.54) is 38.5 Å². The van der Waals surface area contributed by atoms with Crippen molar-refractivity contribution in [3.63, 3.8) is 0 Å². The zero-order valence-electron chi connectivity index (χ0n) is 27.3. The number of nitriles is 1. The minimum atomic E-state index is -1.18. The predicted molar refractivity (Wildman–Crippen MR) is 179 cm³/mol. The van der Waals surface area contributed by atoms with E-state index in [2.05, 4.69) is 56.3 Å². The first-order valence-corrected chi connectivity index (χ1v) is 16.6. The molecule has 0 N–H and O–H groups in total. The average Bonchev–Trinajstić information content (AvgIpc) is 3.06. The molecule has 0 aliphatic carbocycles. The van der Waals surface area contributed by atoms with E-state index in [1.54, 1.807) is 31.2 Å². The quantitative estimate of drug-likeness (QED) is 0.0736. The van der Waals surface area contributed by atoms with Gasteiger partial charge in [0.25, 0.3) is 0 Å². The zero-order valence-corrected chi connectivity index (χ0v) is 27.3. The summed E-state index contributed by atoms with van der Waals surface area (Å²) in [6, 6.07) is 25.8. The highest BCUT2D eigenvalue weighted by Gasteiger charge is 2.41. The fraction of sp³-hybridized carbons (Fsp3) is 0.487. The van der Waals surface area contributed by atoms with Gasteiger partial charge >= 0.3 is 5.97 Å². The van der Waals surface area contributed by atoms with Crippen LogP contribution in [0.4, 0.5) is 0 Å². The van der Waals surface area contributed by atoms with Crippen LogP contribution >= 0.6 is 0 Å². The van der Waals surface area contributed by atoms with Gasteiger partial charge in [-0.1, -0.05) is 115 Å². The molecule has 5 nitrogen and oxygen atoms in total. The SMILES string of the molecule is CCCCCCCCOc1ccc(-c2ccc(COc3ccc(OC(=O)[C@](C)(C#N)[C@H](C)CCCCCC)cc3)cc2)cc1. The van der Waals surface area contributed by atoms with Crippen LogP contribution in [0.5, 0.6) is 17.2 Å². The number of hydrogen-bond acceptors (Lipinski definition) is 5. The van der Waals surface area contributed by atoms with Crippen molar-refractivity contribution >= 4 is 5.97 Å². The lowest BCUT2D eigenvalue weighted by Crippen LogP contribution is -2.36. The molecule has 5 heteroatoms. The molecule has 3 rings (SSSR count). The fourth-order valence-electron chi connectivity index (χ4n) is 5.12. The van der Waals surface area contributed by atoms with Gasteiger partial charge in [0.05, 0.1) is 12.7 Å². The number of ether oxygens (including phenoxy) is 3. The number of nitrogens with zero attached hydrogens (tertiary/aromatic N) is 1. The number of carbonyl (C=O) groups excluding carboxylic acids is 1. The summed E-state index contributed by atoms with van der Waals surface area (Å²) in [5.74, 6) is 1.41. The van der Waals surface area contributed by atoms with Gasteiger partial charge in [-0.05, 0) is 78.8 Å². The molecule has 0 unspecified atom stereocenters. The maximum absolute atomic E-state index is 12.9. The summed E-state index contributed by atoms with van der Waals surface area (Å²) in [4.78, 5) is 12.9. The molecule has 2 atom stereocenters. The van der Waals surface area contributed by atoms with Crippen LogP contribution in [0.2, 0.25) is 0 Å². The first-order chi connectivity index (χ1) is 21.4. The third-order valence-corrected chi connectivity index (χ3v) is 8.48. The van der Waals surface area contributed by atoms with Gasteiger partial charge in [0.15, 0.2) is 5.41 Å². The van der Waals surface area contributed by atoms with E-state index in [4.69, 9.17) is 14.2 Å². The van der Waals surface area contributed by atoms with Gasteiger partial charge in [-0.15, -0.1) is 0 Å². The summed E-state index contributed by atoms with van der Waals surface area (Å²) in [6.07, 6.45) is 12.8. The third kappa shape index (κ3) is 11.1. The van der Waals surface area contributed by atoms with E-state index in [9.17, 15) is 10.1 Å². The standard InChI is InChI=1S/C39H51NO4/c1-5-7-9-11-12-14-28-42-35-22-20-34(21-23-35)33-18-16-32(17-19-33)29-43-36-24-26-37(27-25-36)44-38(41)39(4,30-40)31(3)15-13-10-8-6-2/h16-27,31H,5-15,28-29H2,1-4H3/t31-,39-/m1/s1. The zero-order chi connectivity index (χ0) is 31.6. The van der Waals surface area contributed by atoms with Crippen LogP contribution in [0, 0.1) is 22.7 Å². The largest absolute Gasteiger partial charge is 0.494 e. The van der Waals surface area contributed by atoms with Crippen molar-refractivity contribution in [3.8, 4) is 34.4 Å². The van der Waals surface area contributed by atoms with Gasteiger partial charge < -0.3 is 14.2 Å². The lowest BCUT2D eigenvalue weighted by Gasteiger charge is -2.26. The molecule has 0 bridgehead atoms. The Morgan fingerprint density at radius 1 is 0.705 bits per heavy atom. The number of hydrogen-bond donors (Lipinski definition) is 0. The topological polar surface area (TPSA) is 68.6 Å². The Hall–Kier alpha value is -3.78. The highest BCUT2D eigenvalue weighted by molar-refractivity contribution is 5.82. The van der Waals surface area contributed by atoms with Crippen LogP contribution < -0.4 is 14.2 Å². The maximum atomic E-state index is 12.9. The maximum Gasteiger partial charge on any atom is 0.331 e. The van der Waals surface area contributed by atoms with Crippen LogP contribution in [0.3, 0.4) is 0 Å². The molecule has 0 saturated heterocycles. The molecule has 0 radical (unpaired) electrons. The van der Waals surface area contributed by atoms with Crippen molar-refractivity contribution in [2.45, 2.75) is 105 Å². The Labute approximate surface area is 265 Å². The van der Waals surface area contributed by atoms with Gasteiger partial charge in [-0.25, -0.2) is 4.79 Å². The molecule has 0 amide bonds. The fourth-order valence-corrected chi connectivity index (χ4v) is 5.12. The second-order valence-corrected chi connectivity index (χ2v) is 12.1. The van der Waals surface area contributed by atoms with Crippen molar-refractivity contribution in [2.75, 3.05) is 6.61 Å². The molecular formula is C39H51NO4. The highest BCUT2D eigenvalue weighted by Crippen LogP contribution is 2.33. The first-order valence-electron chi connectivity index (χ1n) is 16.6. The van der Waals surface area contributed by atoms with E-state index in [1.807, 2.05) is 19.1 Å². The minimum absolute atomic E-state index is 0.0843. The summed E-state index contributed by atoms with van der Waals surface area (Å²) in [5.41, 5.74) is 2.16. The van der Waals surface area contributed by atoms with Crippen molar-refractivity contribution in [3.05, 3.63) is 78.4 Å². The van der Waals surface area contributed by atoms with Crippen LogP contribution in [0.1, 0.15) is 104 Å². The molecule has 0 aromatic heterocycles. The van der Waals surface area contributed by atoms with E-state index >= 15 is 0 Å². The Balaban J connectivity index is 1.44. The van der Waals surface area contributed by atoms with Crippen LogP contribution in [0.25, 0.3) is 11.1 Å². The van der Waals surface area contributed by atoms with Crippen molar-refractivity contribution in [1.29, 1.82) is 5.26 Å². The molecule has 3 aromatic carbocycles. The minimum Gasteiger partial charge on any atom is -0.494 e. The number of unbranched alkanes of at least 4 members (excludes halogenated alkanes) is 8. The number of esters is 1. The monoisotopic (exact) mass is 597 g/mol. The summed E-state index contributed by atoms with van der Waals surface area (Å²) in [7, 11) is 0. The normalized spacial score (nSPS) is 13.0. The number of carbonyl (C=O) groups is 1. The number of benzene rings is 3. The Bertz CT molecular complexity index is 1280. The van der Waals surface area contributed by atoms with E-state index < -0.39 is 11.4 Å². The second kappa shape index (κ2) is 18.8. The van der Waals surface area contributed by atoms with Crippen LogP contribution in [0.15, 0.2) is 72.8 Å². The van der Waals surface area contributed by atoms with Gasteiger partial charge in [-0.3, -0.25) is 0 Å². The predicted octanol–water partition coefficient (Wildman–Crippen LogP) is 10.7. The summed E-state index contributed by atoms with van der Waals surface area (Å²) < 4.78 is 17.5. The van der Waals surface area contributed by atoms with Gasteiger partial charge in [0.2, 0.25) is 0 Å². The lowest BCUT2D eigenvalue weighted by molar-refractivity contribution is -0.144. The first kappa shape index (κ1) is 34.7. The second-order valence-electron chi connectivity index (χ2n) is 12.1. The smallest absolute Gasteiger partial charge is 0.331 e. The molecule has 0 aliphatic heterocycles. The van der Waals surface area contributed by atoms with Crippen LogP contribution in [-0.4, -0.2) is 12.6 Å². The van der Waals surface area contributed by atoms with Gasteiger partial charge in [0.1, 0.15) is 23.9 Å². The Morgan fingerprint density at radius 3 is 1.82 bits per heavy atom. The van der Waals surface area contributed by atoms with E-state index in [-0.39, 0.29) is 5.92 Å². The highest BCUT2D eigenvalue weighted by atomic mass is 16.5.